The third kappa shape index (κ3) is 2.50. The third-order valence-electron chi connectivity index (χ3n) is 4.26. The van der Waals surface area contributed by atoms with Gasteiger partial charge in [-0.1, -0.05) is 17.3 Å². The van der Waals surface area contributed by atoms with Crippen molar-refractivity contribution >= 4 is 5.91 Å². The van der Waals surface area contributed by atoms with E-state index in [4.69, 9.17) is 8.94 Å². The molecule has 1 fully saturated rings. The van der Waals surface area contributed by atoms with Crippen LogP contribution in [0.1, 0.15) is 35.2 Å². The minimum atomic E-state index is -0.403. The van der Waals surface area contributed by atoms with Gasteiger partial charge in [0.2, 0.25) is 5.76 Å². The first-order valence-corrected chi connectivity index (χ1v) is 7.80. The molecule has 122 valence electrons. The van der Waals surface area contributed by atoms with Crippen LogP contribution >= 0.6 is 0 Å². The van der Waals surface area contributed by atoms with Crippen LogP contribution in [0.2, 0.25) is 0 Å². The van der Waals surface area contributed by atoms with Crippen LogP contribution in [0.3, 0.4) is 0 Å². The van der Waals surface area contributed by atoms with Crippen molar-refractivity contribution < 1.29 is 18.1 Å². The molecule has 3 heterocycles. The lowest BCUT2D eigenvalue weighted by Crippen LogP contribution is -2.30. The summed E-state index contributed by atoms with van der Waals surface area (Å²) in [5.74, 6) is 0.199. The second-order valence-electron chi connectivity index (χ2n) is 5.73. The number of carbonyl (C=O) groups excluding carboxylic acids is 1. The fraction of sp³-hybridized carbons (Fsp3) is 0.222. The summed E-state index contributed by atoms with van der Waals surface area (Å²) >= 11 is 0. The fourth-order valence-electron chi connectivity index (χ4n) is 3.10. The van der Waals surface area contributed by atoms with Crippen LogP contribution < -0.4 is 0 Å². The summed E-state index contributed by atoms with van der Waals surface area (Å²) in [7, 11) is 0. The topological polar surface area (TPSA) is 59.5 Å². The Morgan fingerprint density at radius 2 is 2.12 bits per heavy atom. The van der Waals surface area contributed by atoms with Gasteiger partial charge in [-0.15, -0.1) is 0 Å². The molecule has 1 atom stereocenters. The van der Waals surface area contributed by atoms with E-state index in [1.807, 2.05) is 6.07 Å². The monoisotopic (exact) mass is 326 g/mol. The molecule has 6 heteroatoms. The molecular weight excluding hydrogens is 311 g/mol. The first-order chi connectivity index (χ1) is 11.7. The zero-order valence-corrected chi connectivity index (χ0v) is 12.8. The van der Waals surface area contributed by atoms with Crippen LogP contribution in [0.25, 0.3) is 11.3 Å². The van der Waals surface area contributed by atoms with Gasteiger partial charge in [0.25, 0.3) is 5.91 Å². The summed E-state index contributed by atoms with van der Waals surface area (Å²) in [6.07, 6.45) is 3.33. The van der Waals surface area contributed by atoms with Crippen LogP contribution in [0.4, 0.5) is 4.39 Å². The Hall–Kier alpha value is -2.89. The molecule has 1 aromatic carbocycles. The van der Waals surface area contributed by atoms with Crippen LogP contribution in [0, 0.1) is 5.82 Å². The normalized spacial score (nSPS) is 17.4. The maximum Gasteiger partial charge on any atom is 0.293 e. The summed E-state index contributed by atoms with van der Waals surface area (Å²) in [4.78, 5) is 14.5. The number of hydrogen-bond donors (Lipinski definition) is 0. The van der Waals surface area contributed by atoms with Crippen molar-refractivity contribution in [2.24, 2.45) is 0 Å². The van der Waals surface area contributed by atoms with E-state index in [-0.39, 0.29) is 17.7 Å². The standard InChI is InChI=1S/C18H15FN2O3/c19-13-6-2-1-5-12(13)14-11-17(24-20-14)18(22)21-9-3-7-15(21)16-8-4-10-23-16/h1-2,4-6,8,10-11,15H,3,7,9H2/t15-/m0/s1. The third-order valence-corrected chi connectivity index (χ3v) is 4.26. The average molecular weight is 326 g/mol. The van der Waals surface area contributed by atoms with Gasteiger partial charge in [-0.3, -0.25) is 4.79 Å². The highest BCUT2D eigenvalue weighted by molar-refractivity contribution is 5.92. The van der Waals surface area contributed by atoms with Gasteiger partial charge in [0.05, 0.1) is 12.3 Å². The Kier molecular flexibility index (Phi) is 3.65. The lowest BCUT2D eigenvalue weighted by atomic mass is 10.1. The second-order valence-corrected chi connectivity index (χ2v) is 5.73. The molecule has 2 aromatic heterocycles. The Morgan fingerprint density at radius 3 is 2.92 bits per heavy atom. The van der Waals surface area contributed by atoms with Gasteiger partial charge >= 0.3 is 0 Å². The van der Waals surface area contributed by atoms with E-state index in [9.17, 15) is 9.18 Å². The molecule has 0 saturated carbocycles. The van der Waals surface area contributed by atoms with Gasteiger partial charge in [0, 0.05) is 18.2 Å². The van der Waals surface area contributed by atoms with E-state index in [1.165, 1.54) is 12.1 Å². The van der Waals surface area contributed by atoms with Gasteiger partial charge in [0.15, 0.2) is 0 Å². The lowest BCUT2D eigenvalue weighted by molar-refractivity contribution is 0.0677. The number of amides is 1. The Bertz CT molecular complexity index is 857. The van der Waals surface area contributed by atoms with E-state index in [0.717, 1.165) is 18.6 Å². The highest BCUT2D eigenvalue weighted by Crippen LogP contribution is 2.34. The Labute approximate surface area is 137 Å². The summed E-state index contributed by atoms with van der Waals surface area (Å²) in [6.45, 7) is 0.625. The minimum absolute atomic E-state index is 0.102. The summed E-state index contributed by atoms with van der Waals surface area (Å²) in [6, 6.07) is 11.3. The molecular formula is C18H15FN2O3. The maximum absolute atomic E-state index is 13.8. The molecule has 0 aliphatic carbocycles. The van der Waals surface area contributed by atoms with Crippen molar-refractivity contribution in [2.45, 2.75) is 18.9 Å². The largest absolute Gasteiger partial charge is 0.467 e. The number of likely N-dealkylation sites (tertiary alicyclic amines) is 1. The van der Waals surface area contributed by atoms with Crippen LogP contribution in [-0.2, 0) is 0 Å². The molecule has 4 rings (SSSR count). The number of hydrogen-bond acceptors (Lipinski definition) is 4. The number of benzene rings is 1. The molecule has 0 unspecified atom stereocenters. The quantitative estimate of drug-likeness (QED) is 0.728. The van der Waals surface area contributed by atoms with Crippen molar-refractivity contribution in [1.29, 1.82) is 0 Å². The first kappa shape index (κ1) is 14.7. The number of carbonyl (C=O) groups is 1. The van der Waals surface area contributed by atoms with Crippen molar-refractivity contribution in [3.8, 4) is 11.3 Å². The van der Waals surface area contributed by atoms with E-state index < -0.39 is 5.82 Å². The molecule has 0 bridgehead atoms. The molecule has 3 aromatic rings. The van der Waals surface area contributed by atoms with Crippen molar-refractivity contribution in [3.05, 3.63) is 66.1 Å². The number of rotatable bonds is 3. The molecule has 1 saturated heterocycles. The number of halogens is 1. The summed E-state index contributed by atoms with van der Waals surface area (Å²) in [5.41, 5.74) is 0.620. The predicted molar refractivity (Wildman–Crippen MR) is 83.6 cm³/mol. The van der Waals surface area contributed by atoms with Gasteiger partial charge in [0.1, 0.15) is 17.3 Å². The molecule has 0 spiro atoms. The summed E-state index contributed by atoms with van der Waals surface area (Å²) in [5, 5.41) is 3.84. The molecule has 1 amide bonds. The number of aromatic nitrogens is 1. The zero-order valence-electron chi connectivity index (χ0n) is 12.8. The van der Waals surface area contributed by atoms with Crippen molar-refractivity contribution in [2.75, 3.05) is 6.54 Å². The SMILES string of the molecule is O=C(c1cc(-c2ccccc2F)no1)N1CCC[C@H]1c1ccco1. The van der Waals surface area contributed by atoms with Crippen LogP contribution in [-0.4, -0.2) is 22.5 Å². The molecule has 5 nitrogen and oxygen atoms in total. The van der Waals surface area contributed by atoms with Gasteiger partial charge in [-0.25, -0.2) is 4.39 Å². The summed E-state index contributed by atoms with van der Waals surface area (Å²) < 4.78 is 24.5. The molecule has 24 heavy (non-hydrogen) atoms. The first-order valence-electron chi connectivity index (χ1n) is 7.80. The Balaban J connectivity index is 1.60. The van der Waals surface area contributed by atoms with Gasteiger partial charge in [-0.2, -0.15) is 0 Å². The molecule has 0 N–H and O–H groups in total. The highest BCUT2D eigenvalue weighted by Gasteiger charge is 2.34. The van der Waals surface area contributed by atoms with Crippen LogP contribution in [0.15, 0.2) is 57.7 Å². The zero-order chi connectivity index (χ0) is 16.5. The van der Waals surface area contributed by atoms with E-state index in [1.54, 1.807) is 35.4 Å². The van der Waals surface area contributed by atoms with E-state index in [2.05, 4.69) is 5.16 Å². The van der Waals surface area contributed by atoms with Gasteiger partial charge < -0.3 is 13.8 Å². The number of nitrogens with zero attached hydrogens (tertiary/aromatic N) is 2. The van der Waals surface area contributed by atoms with E-state index >= 15 is 0 Å². The average Bonchev–Trinajstić information content (AvgIpc) is 3.34. The second kappa shape index (κ2) is 5.96. The highest BCUT2D eigenvalue weighted by atomic mass is 19.1. The van der Waals surface area contributed by atoms with Gasteiger partial charge in [-0.05, 0) is 37.1 Å². The lowest BCUT2D eigenvalue weighted by Gasteiger charge is -2.21. The molecule has 0 radical (unpaired) electrons. The van der Waals surface area contributed by atoms with Crippen LogP contribution in [0.5, 0.6) is 0 Å². The Morgan fingerprint density at radius 1 is 1.25 bits per heavy atom. The smallest absolute Gasteiger partial charge is 0.293 e. The molecule has 1 aliphatic rings. The maximum atomic E-state index is 13.8. The fourth-order valence-corrected chi connectivity index (χ4v) is 3.10. The molecule has 1 aliphatic heterocycles. The number of furan rings is 1. The predicted octanol–water partition coefficient (Wildman–Crippen LogP) is 4.05. The van der Waals surface area contributed by atoms with Crippen molar-refractivity contribution in [3.63, 3.8) is 0 Å². The van der Waals surface area contributed by atoms with Crippen molar-refractivity contribution in [1.82, 2.24) is 10.1 Å². The minimum Gasteiger partial charge on any atom is -0.467 e. The van der Waals surface area contributed by atoms with E-state index in [0.29, 0.717) is 17.8 Å².